The van der Waals surface area contributed by atoms with Crippen LogP contribution in [0.2, 0.25) is 0 Å². The van der Waals surface area contributed by atoms with Crippen molar-refractivity contribution in [2.45, 2.75) is 31.9 Å². The molecular weight excluding hydrogens is 467 g/mol. The molecule has 0 aliphatic carbocycles. The summed E-state index contributed by atoms with van der Waals surface area (Å²) in [6.45, 7) is 8.76. The minimum atomic E-state index is 0. The van der Waals surface area contributed by atoms with Gasteiger partial charge in [-0.3, -0.25) is 9.79 Å². The highest BCUT2D eigenvalue weighted by atomic mass is 127. The first-order valence-corrected chi connectivity index (χ1v) is 10.6. The molecule has 1 fully saturated rings. The average Bonchev–Trinajstić information content (AvgIpc) is 3.15. The van der Waals surface area contributed by atoms with Crippen molar-refractivity contribution in [1.29, 1.82) is 0 Å². The summed E-state index contributed by atoms with van der Waals surface area (Å²) in [5.74, 6) is 2.19. The Morgan fingerprint density at radius 2 is 2.24 bits per heavy atom. The molecule has 142 valence electrons. The fourth-order valence-corrected chi connectivity index (χ4v) is 4.37. The smallest absolute Gasteiger partial charge is 0.261 e. The van der Waals surface area contributed by atoms with E-state index in [4.69, 9.17) is 4.99 Å². The van der Waals surface area contributed by atoms with E-state index >= 15 is 0 Å². The van der Waals surface area contributed by atoms with Crippen molar-refractivity contribution in [3.8, 4) is 0 Å². The first kappa shape index (κ1) is 22.6. The number of nitrogens with zero attached hydrogens (tertiary/aromatic N) is 2. The van der Waals surface area contributed by atoms with Crippen molar-refractivity contribution < 1.29 is 4.79 Å². The number of thiophene rings is 1. The SMILES string of the molecule is CCNC(=NCCCNC(=O)c1cccs1)N1CCSC(CC)C1.I. The fourth-order valence-electron chi connectivity index (χ4n) is 2.55. The van der Waals surface area contributed by atoms with Crippen LogP contribution in [0.25, 0.3) is 0 Å². The second-order valence-corrected chi connectivity index (χ2v) is 8.03. The molecule has 25 heavy (non-hydrogen) atoms. The highest BCUT2D eigenvalue weighted by Crippen LogP contribution is 2.21. The Morgan fingerprint density at radius 1 is 1.40 bits per heavy atom. The van der Waals surface area contributed by atoms with Crippen molar-refractivity contribution in [2.24, 2.45) is 4.99 Å². The molecule has 2 N–H and O–H groups in total. The first-order valence-electron chi connectivity index (χ1n) is 8.71. The van der Waals surface area contributed by atoms with Gasteiger partial charge in [-0.1, -0.05) is 13.0 Å². The summed E-state index contributed by atoms with van der Waals surface area (Å²) >= 11 is 3.53. The third-order valence-corrected chi connectivity index (χ3v) is 6.10. The maximum atomic E-state index is 11.9. The molecule has 1 aromatic rings. The number of carbonyl (C=O) groups is 1. The van der Waals surface area contributed by atoms with Crippen LogP contribution >= 0.6 is 47.1 Å². The lowest BCUT2D eigenvalue weighted by molar-refractivity contribution is 0.0957. The molecule has 2 heterocycles. The van der Waals surface area contributed by atoms with Crippen molar-refractivity contribution in [3.63, 3.8) is 0 Å². The molecule has 1 aliphatic rings. The molecule has 1 aromatic heterocycles. The predicted molar refractivity (Wildman–Crippen MR) is 121 cm³/mol. The number of rotatable bonds is 7. The van der Waals surface area contributed by atoms with Gasteiger partial charge in [0.2, 0.25) is 0 Å². The lowest BCUT2D eigenvalue weighted by Crippen LogP contribution is -2.48. The maximum Gasteiger partial charge on any atom is 0.261 e. The van der Waals surface area contributed by atoms with Gasteiger partial charge in [-0.05, 0) is 31.2 Å². The number of hydrogen-bond acceptors (Lipinski definition) is 4. The van der Waals surface area contributed by atoms with Gasteiger partial charge in [0.1, 0.15) is 0 Å². The van der Waals surface area contributed by atoms with Crippen LogP contribution in [0.3, 0.4) is 0 Å². The van der Waals surface area contributed by atoms with Gasteiger partial charge >= 0.3 is 0 Å². The van der Waals surface area contributed by atoms with Gasteiger partial charge in [0.05, 0.1) is 4.88 Å². The summed E-state index contributed by atoms with van der Waals surface area (Å²) < 4.78 is 0. The van der Waals surface area contributed by atoms with E-state index in [-0.39, 0.29) is 29.9 Å². The van der Waals surface area contributed by atoms with E-state index < -0.39 is 0 Å². The highest BCUT2D eigenvalue weighted by molar-refractivity contribution is 14.0. The van der Waals surface area contributed by atoms with Crippen LogP contribution in [0.4, 0.5) is 0 Å². The van der Waals surface area contributed by atoms with Crippen LogP contribution in [0.15, 0.2) is 22.5 Å². The summed E-state index contributed by atoms with van der Waals surface area (Å²) in [4.78, 5) is 19.7. The summed E-state index contributed by atoms with van der Waals surface area (Å²) in [5.41, 5.74) is 0. The third kappa shape index (κ3) is 7.74. The Hall–Kier alpha value is -0.480. The van der Waals surface area contributed by atoms with Gasteiger partial charge in [-0.25, -0.2) is 0 Å². The van der Waals surface area contributed by atoms with Crippen LogP contribution in [-0.4, -0.2) is 60.5 Å². The molecule has 0 radical (unpaired) electrons. The number of guanidine groups is 1. The van der Waals surface area contributed by atoms with E-state index in [1.165, 1.54) is 23.5 Å². The molecule has 2 rings (SSSR count). The highest BCUT2D eigenvalue weighted by Gasteiger charge is 2.21. The number of halogens is 1. The number of hydrogen-bond donors (Lipinski definition) is 2. The molecule has 1 saturated heterocycles. The molecule has 1 atom stereocenters. The molecular formula is C17H29IN4OS2. The van der Waals surface area contributed by atoms with Crippen LogP contribution < -0.4 is 10.6 Å². The van der Waals surface area contributed by atoms with Gasteiger partial charge in [0, 0.05) is 43.7 Å². The van der Waals surface area contributed by atoms with Crippen molar-refractivity contribution in [3.05, 3.63) is 22.4 Å². The summed E-state index contributed by atoms with van der Waals surface area (Å²) in [6.07, 6.45) is 2.06. The molecule has 0 spiro atoms. The molecule has 0 aromatic carbocycles. The summed E-state index contributed by atoms with van der Waals surface area (Å²) in [6, 6.07) is 3.74. The lowest BCUT2D eigenvalue weighted by Gasteiger charge is -2.34. The molecule has 0 bridgehead atoms. The number of aliphatic imine (C=N–C) groups is 1. The van der Waals surface area contributed by atoms with Crippen molar-refractivity contribution >= 4 is 58.9 Å². The lowest BCUT2D eigenvalue weighted by atomic mass is 10.3. The van der Waals surface area contributed by atoms with Crippen LogP contribution in [0.5, 0.6) is 0 Å². The number of carbonyl (C=O) groups excluding carboxylic acids is 1. The van der Waals surface area contributed by atoms with E-state index in [9.17, 15) is 4.79 Å². The molecule has 5 nitrogen and oxygen atoms in total. The second kappa shape index (κ2) is 12.8. The molecule has 1 amide bonds. The molecule has 0 saturated carbocycles. The van der Waals surface area contributed by atoms with E-state index in [0.717, 1.165) is 43.4 Å². The molecule has 1 aliphatic heterocycles. The van der Waals surface area contributed by atoms with E-state index in [0.29, 0.717) is 11.8 Å². The van der Waals surface area contributed by atoms with E-state index in [1.54, 1.807) is 0 Å². The first-order chi connectivity index (χ1) is 11.7. The zero-order valence-corrected chi connectivity index (χ0v) is 19.0. The van der Waals surface area contributed by atoms with Gasteiger partial charge < -0.3 is 15.5 Å². The summed E-state index contributed by atoms with van der Waals surface area (Å²) in [7, 11) is 0. The monoisotopic (exact) mass is 496 g/mol. The Morgan fingerprint density at radius 3 is 2.92 bits per heavy atom. The number of thioether (sulfide) groups is 1. The molecule has 1 unspecified atom stereocenters. The van der Waals surface area contributed by atoms with Crippen LogP contribution in [0.1, 0.15) is 36.4 Å². The average molecular weight is 496 g/mol. The third-order valence-electron chi connectivity index (χ3n) is 3.86. The quantitative estimate of drug-likeness (QED) is 0.263. The fraction of sp³-hybridized carbons (Fsp3) is 0.647. The van der Waals surface area contributed by atoms with Gasteiger partial charge in [-0.2, -0.15) is 11.8 Å². The Balaban J connectivity index is 0.00000312. The van der Waals surface area contributed by atoms with Crippen LogP contribution in [0, 0.1) is 0 Å². The van der Waals surface area contributed by atoms with Gasteiger partial charge in [0.15, 0.2) is 5.96 Å². The Kier molecular flexibility index (Phi) is 11.6. The summed E-state index contributed by atoms with van der Waals surface area (Å²) in [5, 5.41) is 8.97. The Bertz CT molecular complexity index is 525. The second-order valence-electron chi connectivity index (χ2n) is 5.67. The van der Waals surface area contributed by atoms with Gasteiger partial charge in [0.25, 0.3) is 5.91 Å². The minimum absolute atomic E-state index is 0. The van der Waals surface area contributed by atoms with E-state index in [2.05, 4.69) is 41.1 Å². The normalized spacial score (nSPS) is 17.8. The maximum absolute atomic E-state index is 11.9. The van der Waals surface area contributed by atoms with Crippen molar-refractivity contribution in [2.75, 3.05) is 38.5 Å². The minimum Gasteiger partial charge on any atom is -0.357 e. The number of nitrogens with one attached hydrogen (secondary N) is 2. The molecule has 8 heteroatoms. The zero-order chi connectivity index (χ0) is 17.2. The predicted octanol–water partition coefficient (Wildman–Crippen LogP) is 3.28. The number of amides is 1. The van der Waals surface area contributed by atoms with Gasteiger partial charge in [-0.15, -0.1) is 35.3 Å². The topological polar surface area (TPSA) is 56.7 Å². The largest absolute Gasteiger partial charge is 0.357 e. The Labute approximate surface area is 176 Å². The standard InChI is InChI=1S/C17H28N4OS2.HI/c1-3-14-13-21(10-12-23-14)17(18-4-2)20-9-6-8-19-16(22)15-7-5-11-24-15;/h5,7,11,14H,3-4,6,8-10,12-13H2,1-2H3,(H,18,20)(H,19,22);1H. The zero-order valence-electron chi connectivity index (χ0n) is 15.0. The van der Waals surface area contributed by atoms with E-state index in [1.807, 2.05) is 17.5 Å². The van der Waals surface area contributed by atoms with Crippen molar-refractivity contribution in [1.82, 2.24) is 15.5 Å². The van der Waals surface area contributed by atoms with Crippen LogP contribution in [-0.2, 0) is 0 Å².